The van der Waals surface area contributed by atoms with Gasteiger partial charge in [0.2, 0.25) is 0 Å². The molecule has 0 atom stereocenters. The van der Waals surface area contributed by atoms with Gasteiger partial charge in [0.05, 0.1) is 26.4 Å². The number of ether oxygens (including phenoxy) is 3. The van der Waals surface area contributed by atoms with Gasteiger partial charge < -0.3 is 24.8 Å². The van der Waals surface area contributed by atoms with E-state index in [4.69, 9.17) is 9.47 Å². The van der Waals surface area contributed by atoms with Crippen molar-refractivity contribution in [2.45, 2.75) is 0 Å². The molecular weight excluding hydrogens is 196 g/mol. The van der Waals surface area contributed by atoms with Gasteiger partial charge in [0, 0.05) is 40.4 Å². The van der Waals surface area contributed by atoms with Crippen molar-refractivity contribution in [2.75, 3.05) is 66.8 Å². The monoisotopic (exact) mass is 220 g/mol. The maximum absolute atomic E-state index is 5.01. The third kappa shape index (κ3) is 13.8. The summed E-state index contributed by atoms with van der Waals surface area (Å²) in [5.41, 5.74) is 0. The highest BCUT2D eigenvalue weighted by molar-refractivity contribution is 4.50. The molecule has 0 aliphatic carbocycles. The van der Waals surface area contributed by atoms with Crippen molar-refractivity contribution < 1.29 is 14.2 Å². The molecule has 92 valence electrons. The molecule has 5 nitrogen and oxygen atoms in total. The summed E-state index contributed by atoms with van der Waals surface area (Å²) < 4.78 is 14.3. The highest BCUT2D eigenvalue weighted by Gasteiger charge is 1.93. The zero-order chi connectivity index (χ0) is 11.2. The Morgan fingerprint density at radius 2 is 1.00 bits per heavy atom. The van der Waals surface area contributed by atoms with E-state index in [2.05, 4.69) is 15.4 Å². The standard InChI is InChI=1S/2C4H9NO.C2H6O/c2*1-3-6-4-2-5-1;1-3-2/h2*5H,1-4H2;1-2H3. The van der Waals surface area contributed by atoms with Crippen LogP contribution >= 0.6 is 0 Å². The largest absolute Gasteiger partial charge is 0.388 e. The molecule has 0 unspecified atom stereocenters. The average molecular weight is 220 g/mol. The third-order valence-corrected chi connectivity index (χ3v) is 1.69. The summed E-state index contributed by atoms with van der Waals surface area (Å²) in [6.07, 6.45) is 0. The number of methoxy groups -OCH3 is 1. The van der Waals surface area contributed by atoms with E-state index in [1.54, 1.807) is 14.2 Å². The van der Waals surface area contributed by atoms with Gasteiger partial charge in [0.15, 0.2) is 0 Å². The van der Waals surface area contributed by atoms with E-state index in [0.29, 0.717) is 0 Å². The van der Waals surface area contributed by atoms with Gasteiger partial charge in [-0.3, -0.25) is 0 Å². The van der Waals surface area contributed by atoms with E-state index in [1.165, 1.54) is 0 Å². The van der Waals surface area contributed by atoms with Gasteiger partial charge in [-0.05, 0) is 0 Å². The molecule has 0 aromatic heterocycles. The summed E-state index contributed by atoms with van der Waals surface area (Å²) in [5, 5.41) is 6.32. The summed E-state index contributed by atoms with van der Waals surface area (Å²) in [4.78, 5) is 0. The van der Waals surface area contributed by atoms with Crippen molar-refractivity contribution in [3.63, 3.8) is 0 Å². The summed E-state index contributed by atoms with van der Waals surface area (Å²) >= 11 is 0. The van der Waals surface area contributed by atoms with Crippen molar-refractivity contribution in [1.29, 1.82) is 0 Å². The lowest BCUT2D eigenvalue weighted by atomic mass is 10.5. The molecule has 2 heterocycles. The molecule has 0 bridgehead atoms. The maximum atomic E-state index is 5.01. The van der Waals surface area contributed by atoms with Crippen LogP contribution in [0.3, 0.4) is 0 Å². The molecule has 2 saturated heterocycles. The van der Waals surface area contributed by atoms with Crippen molar-refractivity contribution in [1.82, 2.24) is 10.6 Å². The molecular formula is C10H24N2O3. The topological polar surface area (TPSA) is 51.8 Å². The second kappa shape index (κ2) is 13.8. The fourth-order valence-electron chi connectivity index (χ4n) is 1.03. The Morgan fingerprint density at radius 1 is 0.733 bits per heavy atom. The van der Waals surface area contributed by atoms with Crippen molar-refractivity contribution in [3.8, 4) is 0 Å². The van der Waals surface area contributed by atoms with Crippen LogP contribution in [-0.4, -0.2) is 66.8 Å². The van der Waals surface area contributed by atoms with Gasteiger partial charge in [0.1, 0.15) is 0 Å². The third-order valence-electron chi connectivity index (χ3n) is 1.69. The molecule has 0 aromatic carbocycles. The zero-order valence-electron chi connectivity index (χ0n) is 9.88. The van der Waals surface area contributed by atoms with Gasteiger partial charge in [0.25, 0.3) is 0 Å². The lowest BCUT2D eigenvalue weighted by molar-refractivity contribution is 0.109. The molecule has 2 fully saturated rings. The fourth-order valence-corrected chi connectivity index (χ4v) is 1.03. The highest BCUT2D eigenvalue weighted by Crippen LogP contribution is 1.77. The van der Waals surface area contributed by atoms with Gasteiger partial charge in [-0.25, -0.2) is 0 Å². The predicted molar refractivity (Wildman–Crippen MR) is 60.3 cm³/mol. The van der Waals surface area contributed by atoms with Crippen molar-refractivity contribution in [2.24, 2.45) is 0 Å². The molecule has 2 aliphatic rings. The summed E-state index contributed by atoms with van der Waals surface area (Å²) in [6.45, 7) is 7.67. The van der Waals surface area contributed by atoms with Crippen LogP contribution in [0.2, 0.25) is 0 Å². The minimum Gasteiger partial charge on any atom is -0.388 e. The molecule has 0 saturated carbocycles. The van der Waals surface area contributed by atoms with E-state index in [-0.39, 0.29) is 0 Å². The smallest absolute Gasteiger partial charge is 0.0591 e. The minimum atomic E-state index is 0.889. The van der Waals surface area contributed by atoms with Gasteiger partial charge in [-0.2, -0.15) is 0 Å². The van der Waals surface area contributed by atoms with E-state index in [0.717, 1.165) is 52.6 Å². The molecule has 0 aromatic rings. The molecule has 0 spiro atoms. The van der Waals surface area contributed by atoms with Crippen molar-refractivity contribution in [3.05, 3.63) is 0 Å². The first-order valence-corrected chi connectivity index (χ1v) is 5.39. The average Bonchev–Trinajstić information content (AvgIpc) is 2.35. The quantitative estimate of drug-likeness (QED) is 0.575. The normalized spacial score (nSPS) is 20.4. The highest BCUT2D eigenvalue weighted by atomic mass is 16.5. The Labute approximate surface area is 92.5 Å². The number of morpholine rings is 2. The van der Waals surface area contributed by atoms with E-state index < -0.39 is 0 Å². The van der Waals surface area contributed by atoms with Crippen LogP contribution in [0.4, 0.5) is 0 Å². The van der Waals surface area contributed by atoms with Crippen LogP contribution in [-0.2, 0) is 14.2 Å². The molecule has 2 N–H and O–H groups in total. The Balaban J connectivity index is 0.000000210. The van der Waals surface area contributed by atoms with E-state index in [1.807, 2.05) is 0 Å². The zero-order valence-corrected chi connectivity index (χ0v) is 9.88. The number of hydrogen-bond donors (Lipinski definition) is 2. The maximum Gasteiger partial charge on any atom is 0.0591 e. The Morgan fingerprint density at radius 3 is 1.07 bits per heavy atom. The minimum absolute atomic E-state index is 0.889. The van der Waals surface area contributed by atoms with Gasteiger partial charge in [-0.1, -0.05) is 0 Å². The lowest BCUT2D eigenvalue weighted by Crippen LogP contribution is -2.30. The molecule has 2 aliphatic heterocycles. The molecule has 15 heavy (non-hydrogen) atoms. The van der Waals surface area contributed by atoms with Crippen LogP contribution in [0.1, 0.15) is 0 Å². The summed E-state index contributed by atoms with van der Waals surface area (Å²) in [6, 6.07) is 0. The first-order chi connectivity index (χ1) is 7.41. The second-order valence-corrected chi connectivity index (χ2v) is 3.13. The number of nitrogens with one attached hydrogen (secondary N) is 2. The SMILES string of the molecule is C1COCCN1.C1COCCN1.COC. The second-order valence-electron chi connectivity index (χ2n) is 3.13. The predicted octanol–water partition coefficient (Wildman–Crippen LogP) is -0.525. The van der Waals surface area contributed by atoms with Crippen LogP contribution in [0.15, 0.2) is 0 Å². The van der Waals surface area contributed by atoms with Crippen LogP contribution < -0.4 is 10.6 Å². The first kappa shape index (κ1) is 14.8. The van der Waals surface area contributed by atoms with E-state index in [9.17, 15) is 0 Å². The van der Waals surface area contributed by atoms with Crippen LogP contribution in [0.25, 0.3) is 0 Å². The van der Waals surface area contributed by atoms with Crippen LogP contribution in [0, 0.1) is 0 Å². The molecule has 0 amide bonds. The lowest BCUT2D eigenvalue weighted by Gasteiger charge is -2.10. The van der Waals surface area contributed by atoms with Gasteiger partial charge in [-0.15, -0.1) is 0 Å². The van der Waals surface area contributed by atoms with Gasteiger partial charge >= 0.3 is 0 Å². The molecule has 2 rings (SSSR count). The molecule has 5 heteroatoms. The fraction of sp³-hybridized carbons (Fsp3) is 1.00. The van der Waals surface area contributed by atoms with E-state index >= 15 is 0 Å². The number of rotatable bonds is 0. The first-order valence-electron chi connectivity index (χ1n) is 5.39. The Hall–Kier alpha value is -0.200. The molecule has 0 radical (unpaired) electrons. The van der Waals surface area contributed by atoms with Crippen LogP contribution in [0.5, 0.6) is 0 Å². The summed E-state index contributed by atoms with van der Waals surface area (Å²) in [7, 11) is 3.25. The summed E-state index contributed by atoms with van der Waals surface area (Å²) in [5.74, 6) is 0. The Bertz CT molecular complexity index is 71.8. The number of hydrogen-bond acceptors (Lipinski definition) is 5. The van der Waals surface area contributed by atoms with Crippen molar-refractivity contribution >= 4 is 0 Å². The Kier molecular flexibility index (Phi) is 13.6.